The third kappa shape index (κ3) is 2.57. The van der Waals surface area contributed by atoms with Crippen LogP contribution in [0.5, 0.6) is 5.75 Å². The summed E-state index contributed by atoms with van der Waals surface area (Å²) in [6.45, 7) is 4.00. The first-order chi connectivity index (χ1) is 9.02. The van der Waals surface area contributed by atoms with Crippen molar-refractivity contribution in [1.82, 2.24) is 4.98 Å². The largest absolute Gasteiger partial charge is 0.496 e. The van der Waals surface area contributed by atoms with Crippen LogP contribution >= 0.6 is 0 Å². The van der Waals surface area contributed by atoms with Gasteiger partial charge in [0.1, 0.15) is 5.75 Å². The average molecular weight is 257 g/mol. The van der Waals surface area contributed by atoms with Crippen molar-refractivity contribution in [3.63, 3.8) is 0 Å². The van der Waals surface area contributed by atoms with E-state index in [1.54, 1.807) is 13.2 Å². The number of ether oxygens (including phenoxy) is 1. The molecule has 1 heterocycles. The summed E-state index contributed by atoms with van der Waals surface area (Å²) in [6.07, 6.45) is 1.49. The van der Waals surface area contributed by atoms with Crippen LogP contribution in [0.25, 0.3) is 11.3 Å². The van der Waals surface area contributed by atoms with Gasteiger partial charge in [-0.2, -0.15) is 0 Å². The van der Waals surface area contributed by atoms with Crippen molar-refractivity contribution in [3.8, 4) is 17.0 Å². The van der Waals surface area contributed by atoms with Crippen molar-refractivity contribution < 1.29 is 14.6 Å². The maximum atomic E-state index is 11.0. The predicted octanol–water partition coefficient (Wildman–Crippen LogP) is 3.07. The zero-order valence-electron chi connectivity index (χ0n) is 11.1. The Morgan fingerprint density at radius 2 is 1.89 bits per heavy atom. The minimum absolute atomic E-state index is 0.213. The molecule has 4 heteroatoms. The number of carboxylic acid groups (broad SMARTS) is 1. The molecule has 0 saturated heterocycles. The fourth-order valence-corrected chi connectivity index (χ4v) is 1.87. The van der Waals surface area contributed by atoms with E-state index in [0.29, 0.717) is 11.4 Å². The van der Waals surface area contributed by atoms with Gasteiger partial charge in [-0.3, -0.25) is 4.98 Å². The van der Waals surface area contributed by atoms with E-state index in [1.807, 2.05) is 26.0 Å². The number of aryl methyl sites for hydroxylation is 2. The minimum atomic E-state index is -0.966. The molecule has 4 nitrogen and oxygen atoms in total. The van der Waals surface area contributed by atoms with E-state index < -0.39 is 5.97 Å². The van der Waals surface area contributed by atoms with Crippen molar-refractivity contribution in [2.45, 2.75) is 13.8 Å². The number of carbonyl (C=O) groups is 1. The molecule has 1 aromatic carbocycles. The number of hydrogen-bond donors (Lipinski definition) is 1. The lowest BCUT2D eigenvalue weighted by Gasteiger charge is -2.11. The Hall–Kier alpha value is -2.36. The van der Waals surface area contributed by atoms with Gasteiger partial charge in [0.2, 0.25) is 0 Å². The summed E-state index contributed by atoms with van der Waals surface area (Å²) in [5.74, 6) is -0.274. The number of aromatic nitrogens is 1. The third-order valence-electron chi connectivity index (χ3n) is 3.10. The standard InChI is InChI=1S/C15H15NO3/c1-9-6-12(14(19-3)7-10(9)2)13-8-11(15(17)18)4-5-16-13/h4-8H,1-3H3,(H,17,18). The van der Waals surface area contributed by atoms with Crippen LogP contribution in [0.2, 0.25) is 0 Å². The normalized spacial score (nSPS) is 10.3. The third-order valence-corrected chi connectivity index (χ3v) is 3.10. The van der Waals surface area contributed by atoms with E-state index in [9.17, 15) is 4.79 Å². The second kappa shape index (κ2) is 5.10. The lowest BCUT2D eigenvalue weighted by Crippen LogP contribution is -1.98. The highest BCUT2D eigenvalue weighted by molar-refractivity contribution is 5.89. The van der Waals surface area contributed by atoms with E-state index in [0.717, 1.165) is 16.7 Å². The smallest absolute Gasteiger partial charge is 0.335 e. The van der Waals surface area contributed by atoms with Crippen LogP contribution in [0.4, 0.5) is 0 Å². The van der Waals surface area contributed by atoms with Crippen LogP contribution in [0.15, 0.2) is 30.5 Å². The van der Waals surface area contributed by atoms with E-state index in [2.05, 4.69) is 4.98 Å². The van der Waals surface area contributed by atoms with Crippen LogP contribution in [-0.4, -0.2) is 23.2 Å². The highest BCUT2D eigenvalue weighted by Gasteiger charge is 2.11. The van der Waals surface area contributed by atoms with E-state index in [-0.39, 0.29) is 5.56 Å². The molecule has 1 aromatic heterocycles. The molecular weight excluding hydrogens is 242 g/mol. The Kier molecular flexibility index (Phi) is 3.51. The topological polar surface area (TPSA) is 59.4 Å². The quantitative estimate of drug-likeness (QED) is 0.918. The first kappa shape index (κ1) is 13.1. The Labute approximate surface area is 111 Å². The van der Waals surface area contributed by atoms with E-state index >= 15 is 0 Å². The lowest BCUT2D eigenvalue weighted by molar-refractivity contribution is 0.0697. The van der Waals surface area contributed by atoms with Crippen LogP contribution in [-0.2, 0) is 0 Å². The van der Waals surface area contributed by atoms with Crippen molar-refractivity contribution in [1.29, 1.82) is 0 Å². The molecule has 0 aliphatic heterocycles. The molecule has 0 amide bonds. The SMILES string of the molecule is COc1cc(C)c(C)cc1-c1cc(C(=O)O)ccn1. The molecule has 0 saturated carbocycles. The van der Waals surface area contributed by atoms with Gasteiger partial charge in [-0.05, 0) is 49.2 Å². The van der Waals surface area contributed by atoms with Crippen LogP contribution in [0.1, 0.15) is 21.5 Å². The molecule has 0 aliphatic carbocycles. The van der Waals surface area contributed by atoms with E-state index in [1.165, 1.54) is 12.3 Å². The Morgan fingerprint density at radius 3 is 2.53 bits per heavy atom. The maximum Gasteiger partial charge on any atom is 0.335 e. The van der Waals surface area contributed by atoms with Gasteiger partial charge in [0.25, 0.3) is 0 Å². The van der Waals surface area contributed by atoms with Gasteiger partial charge in [0, 0.05) is 11.8 Å². The molecule has 0 atom stereocenters. The summed E-state index contributed by atoms with van der Waals surface area (Å²) in [5.41, 5.74) is 3.84. The number of nitrogens with zero attached hydrogens (tertiary/aromatic N) is 1. The fourth-order valence-electron chi connectivity index (χ4n) is 1.87. The summed E-state index contributed by atoms with van der Waals surface area (Å²) in [5, 5.41) is 9.02. The van der Waals surface area contributed by atoms with Crippen molar-refractivity contribution >= 4 is 5.97 Å². The molecule has 2 aromatic rings. The Balaban J connectivity index is 2.61. The summed E-state index contributed by atoms with van der Waals surface area (Å²) < 4.78 is 5.35. The molecule has 0 bridgehead atoms. The van der Waals surface area contributed by atoms with Crippen LogP contribution < -0.4 is 4.74 Å². The van der Waals surface area contributed by atoms with Crippen molar-refractivity contribution in [2.24, 2.45) is 0 Å². The molecule has 0 radical (unpaired) electrons. The summed E-state index contributed by atoms with van der Waals surface area (Å²) in [6, 6.07) is 6.91. The summed E-state index contributed by atoms with van der Waals surface area (Å²) in [7, 11) is 1.59. The number of carboxylic acids is 1. The lowest BCUT2D eigenvalue weighted by atomic mass is 10.0. The summed E-state index contributed by atoms with van der Waals surface area (Å²) in [4.78, 5) is 15.2. The number of pyridine rings is 1. The average Bonchev–Trinajstić information content (AvgIpc) is 2.41. The van der Waals surface area contributed by atoms with Gasteiger partial charge in [0.05, 0.1) is 18.4 Å². The van der Waals surface area contributed by atoms with Crippen molar-refractivity contribution in [2.75, 3.05) is 7.11 Å². The number of benzene rings is 1. The molecular formula is C15H15NO3. The molecule has 0 aliphatic rings. The fraction of sp³-hybridized carbons (Fsp3) is 0.200. The number of aromatic carboxylic acids is 1. The maximum absolute atomic E-state index is 11.0. The predicted molar refractivity (Wildman–Crippen MR) is 72.7 cm³/mol. The van der Waals surface area contributed by atoms with Crippen LogP contribution in [0.3, 0.4) is 0 Å². The molecule has 0 fully saturated rings. The second-order valence-corrected chi connectivity index (χ2v) is 4.37. The van der Waals surface area contributed by atoms with E-state index in [4.69, 9.17) is 9.84 Å². The first-order valence-corrected chi connectivity index (χ1v) is 5.88. The monoisotopic (exact) mass is 257 g/mol. The van der Waals surface area contributed by atoms with Gasteiger partial charge in [-0.15, -0.1) is 0 Å². The molecule has 0 unspecified atom stereocenters. The highest BCUT2D eigenvalue weighted by Crippen LogP contribution is 2.31. The van der Waals surface area contributed by atoms with Crippen LogP contribution in [0, 0.1) is 13.8 Å². The highest BCUT2D eigenvalue weighted by atomic mass is 16.5. The Bertz CT molecular complexity index is 635. The molecule has 19 heavy (non-hydrogen) atoms. The molecule has 1 N–H and O–H groups in total. The number of hydrogen-bond acceptors (Lipinski definition) is 3. The first-order valence-electron chi connectivity index (χ1n) is 5.88. The van der Waals surface area contributed by atoms with Gasteiger partial charge in [0.15, 0.2) is 0 Å². The zero-order valence-corrected chi connectivity index (χ0v) is 11.1. The van der Waals surface area contributed by atoms with Crippen molar-refractivity contribution in [3.05, 3.63) is 47.2 Å². The minimum Gasteiger partial charge on any atom is -0.496 e. The Morgan fingerprint density at radius 1 is 1.21 bits per heavy atom. The number of rotatable bonds is 3. The van der Waals surface area contributed by atoms with Gasteiger partial charge < -0.3 is 9.84 Å². The van der Waals surface area contributed by atoms with Gasteiger partial charge >= 0.3 is 5.97 Å². The number of methoxy groups -OCH3 is 1. The molecule has 2 rings (SSSR count). The molecule has 0 spiro atoms. The molecule has 98 valence electrons. The summed E-state index contributed by atoms with van der Waals surface area (Å²) >= 11 is 0. The van der Waals surface area contributed by atoms with Gasteiger partial charge in [-0.25, -0.2) is 4.79 Å². The van der Waals surface area contributed by atoms with Gasteiger partial charge in [-0.1, -0.05) is 0 Å². The second-order valence-electron chi connectivity index (χ2n) is 4.37. The zero-order chi connectivity index (χ0) is 14.0.